The molecule has 1 aromatic carbocycles. The fourth-order valence-corrected chi connectivity index (χ4v) is 3.34. The fraction of sp³-hybridized carbons (Fsp3) is 0.353. The lowest BCUT2D eigenvalue weighted by Gasteiger charge is -2.33. The normalized spacial score (nSPS) is 16.9. The Morgan fingerprint density at radius 3 is 2.70 bits per heavy atom. The van der Waals surface area contributed by atoms with Crippen molar-refractivity contribution in [2.45, 2.75) is 6.04 Å². The van der Waals surface area contributed by atoms with Crippen LogP contribution in [0.5, 0.6) is 0 Å². The van der Waals surface area contributed by atoms with Crippen LogP contribution >= 0.6 is 22.6 Å². The summed E-state index contributed by atoms with van der Waals surface area (Å²) in [4.78, 5) is 14.7. The van der Waals surface area contributed by atoms with Crippen molar-refractivity contribution in [1.82, 2.24) is 10.2 Å². The Morgan fingerprint density at radius 2 is 2.00 bits per heavy atom. The molecule has 0 saturated carbocycles. The zero-order chi connectivity index (χ0) is 16.1. The monoisotopic (exact) mass is 426 g/mol. The van der Waals surface area contributed by atoms with E-state index >= 15 is 0 Å². The lowest BCUT2D eigenvalue weighted by molar-refractivity contribution is 0.0118. The molecule has 0 bridgehead atoms. The Labute approximate surface area is 149 Å². The molecule has 1 aromatic heterocycles. The number of halogens is 1. The van der Waals surface area contributed by atoms with Crippen LogP contribution in [0.4, 0.5) is 0 Å². The summed E-state index contributed by atoms with van der Waals surface area (Å²) < 4.78 is 11.9. The first-order chi connectivity index (χ1) is 11.3. The Hall–Kier alpha value is -1.38. The average Bonchev–Trinajstić information content (AvgIpc) is 3.10. The van der Waals surface area contributed by atoms with Crippen LogP contribution in [0.3, 0.4) is 0 Å². The maximum absolute atomic E-state index is 12.4. The van der Waals surface area contributed by atoms with E-state index in [0.29, 0.717) is 25.3 Å². The molecule has 0 radical (unpaired) electrons. The summed E-state index contributed by atoms with van der Waals surface area (Å²) in [6.45, 7) is 3.61. The second-order valence-electron chi connectivity index (χ2n) is 5.37. The molecular weight excluding hydrogens is 407 g/mol. The number of nitrogens with zero attached hydrogens (tertiary/aromatic N) is 1. The number of amides is 1. The largest absolute Gasteiger partial charge is 0.468 e. The quantitative estimate of drug-likeness (QED) is 0.748. The molecule has 3 rings (SSSR count). The Morgan fingerprint density at radius 1 is 1.22 bits per heavy atom. The molecule has 1 aliphatic heterocycles. The molecule has 1 saturated heterocycles. The van der Waals surface area contributed by atoms with Gasteiger partial charge in [-0.1, -0.05) is 12.1 Å². The first kappa shape index (κ1) is 16.5. The molecule has 0 aliphatic carbocycles. The number of hydrogen-bond acceptors (Lipinski definition) is 4. The summed E-state index contributed by atoms with van der Waals surface area (Å²) >= 11 is 2.18. The van der Waals surface area contributed by atoms with Crippen molar-refractivity contribution in [3.05, 3.63) is 57.6 Å². The third kappa shape index (κ3) is 4.13. The van der Waals surface area contributed by atoms with Crippen molar-refractivity contribution in [2.75, 3.05) is 32.8 Å². The van der Waals surface area contributed by atoms with E-state index in [1.165, 1.54) is 0 Å². The topological polar surface area (TPSA) is 54.7 Å². The predicted octanol–water partition coefficient (Wildman–Crippen LogP) is 2.69. The number of furan rings is 1. The summed E-state index contributed by atoms with van der Waals surface area (Å²) in [5.41, 5.74) is 0.702. The van der Waals surface area contributed by atoms with Crippen LogP contribution in [0.25, 0.3) is 0 Å². The number of ether oxygens (including phenoxy) is 1. The molecule has 1 amide bonds. The molecule has 6 heteroatoms. The summed E-state index contributed by atoms with van der Waals surface area (Å²) in [6, 6.07) is 11.4. The van der Waals surface area contributed by atoms with Crippen molar-refractivity contribution < 1.29 is 13.9 Å². The molecule has 2 heterocycles. The third-order valence-corrected chi connectivity index (χ3v) is 4.87. The number of nitrogens with one attached hydrogen (secondary N) is 1. The van der Waals surface area contributed by atoms with Crippen LogP contribution in [0.15, 0.2) is 47.1 Å². The van der Waals surface area contributed by atoms with Crippen LogP contribution in [0.1, 0.15) is 22.2 Å². The van der Waals surface area contributed by atoms with E-state index in [1.807, 2.05) is 36.4 Å². The van der Waals surface area contributed by atoms with E-state index in [2.05, 4.69) is 32.8 Å². The minimum Gasteiger partial charge on any atom is -0.468 e. The third-order valence-electron chi connectivity index (χ3n) is 3.93. The highest BCUT2D eigenvalue weighted by Gasteiger charge is 2.25. The minimum atomic E-state index is -0.0557. The van der Waals surface area contributed by atoms with Crippen LogP contribution in [-0.4, -0.2) is 43.7 Å². The fourth-order valence-electron chi connectivity index (χ4n) is 2.71. The minimum absolute atomic E-state index is 0.0271. The lowest BCUT2D eigenvalue weighted by atomic mass is 10.1. The maximum Gasteiger partial charge on any atom is 0.252 e. The van der Waals surface area contributed by atoms with E-state index in [0.717, 1.165) is 22.4 Å². The Balaban J connectivity index is 1.69. The number of benzene rings is 1. The van der Waals surface area contributed by atoms with Gasteiger partial charge in [0, 0.05) is 23.2 Å². The van der Waals surface area contributed by atoms with Gasteiger partial charge in [-0.3, -0.25) is 9.69 Å². The van der Waals surface area contributed by atoms with E-state index in [9.17, 15) is 4.79 Å². The molecule has 1 aliphatic rings. The van der Waals surface area contributed by atoms with Gasteiger partial charge in [-0.25, -0.2) is 0 Å². The summed E-state index contributed by atoms with van der Waals surface area (Å²) in [5, 5.41) is 3.04. The van der Waals surface area contributed by atoms with Crippen molar-refractivity contribution in [1.29, 1.82) is 0 Å². The zero-order valence-electron chi connectivity index (χ0n) is 12.7. The number of rotatable bonds is 5. The van der Waals surface area contributed by atoms with Gasteiger partial charge in [0.15, 0.2) is 0 Å². The van der Waals surface area contributed by atoms with Gasteiger partial charge in [0.05, 0.1) is 31.1 Å². The number of carbonyl (C=O) groups excluding carboxylic acids is 1. The lowest BCUT2D eigenvalue weighted by Crippen LogP contribution is -2.43. The molecular formula is C17H19IN2O3. The molecule has 1 atom stereocenters. The Bertz CT molecular complexity index is 639. The first-order valence-corrected chi connectivity index (χ1v) is 8.71. The number of hydrogen-bond donors (Lipinski definition) is 1. The highest BCUT2D eigenvalue weighted by molar-refractivity contribution is 14.1. The van der Waals surface area contributed by atoms with Gasteiger partial charge in [-0.15, -0.1) is 0 Å². The van der Waals surface area contributed by atoms with Crippen LogP contribution in [0.2, 0.25) is 0 Å². The van der Waals surface area contributed by atoms with Crippen LogP contribution in [-0.2, 0) is 4.74 Å². The highest BCUT2D eigenvalue weighted by atomic mass is 127. The molecule has 5 nitrogen and oxygen atoms in total. The van der Waals surface area contributed by atoms with Gasteiger partial charge in [0.25, 0.3) is 5.91 Å². The number of carbonyl (C=O) groups is 1. The molecule has 23 heavy (non-hydrogen) atoms. The molecule has 1 fully saturated rings. The van der Waals surface area contributed by atoms with Gasteiger partial charge < -0.3 is 14.5 Å². The van der Waals surface area contributed by atoms with Crippen molar-refractivity contribution in [3.63, 3.8) is 0 Å². The first-order valence-electron chi connectivity index (χ1n) is 7.63. The van der Waals surface area contributed by atoms with E-state index in [1.54, 1.807) is 6.26 Å². The average molecular weight is 426 g/mol. The van der Waals surface area contributed by atoms with Gasteiger partial charge in [-0.2, -0.15) is 0 Å². The van der Waals surface area contributed by atoms with Gasteiger partial charge in [-0.05, 0) is 46.9 Å². The zero-order valence-corrected chi connectivity index (χ0v) is 14.9. The Kier molecular flexibility index (Phi) is 5.69. The molecule has 0 spiro atoms. The molecule has 1 unspecified atom stereocenters. The predicted molar refractivity (Wildman–Crippen MR) is 95.3 cm³/mol. The molecule has 2 aromatic rings. The van der Waals surface area contributed by atoms with Gasteiger partial charge in [0.1, 0.15) is 5.76 Å². The standard InChI is InChI=1S/C17H19IN2O3/c18-14-5-2-1-4-13(14)17(21)19-12-15(16-6-3-9-23-16)20-7-10-22-11-8-20/h1-6,9,15H,7-8,10-12H2,(H,19,21). The van der Waals surface area contributed by atoms with Crippen molar-refractivity contribution >= 4 is 28.5 Å². The summed E-state index contributed by atoms with van der Waals surface area (Å²) in [5.74, 6) is 0.815. The van der Waals surface area contributed by atoms with Crippen LogP contribution in [0, 0.1) is 3.57 Å². The van der Waals surface area contributed by atoms with Gasteiger partial charge >= 0.3 is 0 Å². The highest BCUT2D eigenvalue weighted by Crippen LogP contribution is 2.22. The van der Waals surface area contributed by atoms with Crippen molar-refractivity contribution in [2.24, 2.45) is 0 Å². The van der Waals surface area contributed by atoms with E-state index in [-0.39, 0.29) is 11.9 Å². The summed E-state index contributed by atoms with van der Waals surface area (Å²) in [6.07, 6.45) is 1.67. The number of morpholine rings is 1. The summed E-state index contributed by atoms with van der Waals surface area (Å²) in [7, 11) is 0. The maximum atomic E-state index is 12.4. The smallest absolute Gasteiger partial charge is 0.252 e. The molecule has 122 valence electrons. The van der Waals surface area contributed by atoms with Crippen molar-refractivity contribution in [3.8, 4) is 0 Å². The van der Waals surface area contributed by atoms with Gasteiger partial charge in [0.2, 0.25) is 0 Å². The second kappa shape index (κ2) is 7.94. The van der Waals surface area contributed by atoms with E-state index in [4.69, 9.17) is 9.15 Å². The van der Waals surface area contributed by atoms with Crippen LogP contribution < -0.4 is 5.32 Å². The van der Waals surface area contributed by atoms with E-state index < -0.39 is 0 Å². The second-order valence-corrected chi connectivity index (χ2v) is 6.53. The molecule has 1 N–H and O–H groups in total. The SMILES string of the molecule is O=C(NCC(c1ccco1)N1CCOCC1)c1ccccc1I.